The summed E-state index contributed by atoms with van der Waals surface area (Å²) in [4.78, 5) is 2.82. The van der Waals surface area contributed by atoms with Crippen LogP contribution in [0.5, 0.6) is 0 Å². The quantitative estimate of drug-likeness (QED) is 0.828. The fourth-order valence-electron chi connectivity index (χ4n) is 4.73. The molecule has 0 bridgehead atoms. The molecule has 3 aliphatic rings. The molecule has 0 aromatic heterocycles. The lowest BCUT2D eigenvalue weighted by atomic mass is 9.78. The normalized spacial score (nSPS) is 34.2. The first kappa shape index (κ1) is 12.9. The summed E-state index contributed by atoms with van der Waals surface area (Å²) in [5.74, 6) is 0.730. The van der Waals surface area contributed by atoms with Crippen LogP contribution in [0.15, 0.2) is 0 Å². The molecule has 3 fully saturated rings. The van der Waals surface area contributed by atoms with E-state index >= 15 is 0 Å². The van der Waals surface area contributed by atoms with Crippen molar-refractivity contribution in [3.63, 3.8) is 0 Å². The Morgan fingerprint density at radius 2 is 1.89 bits per heavy atom. The molecule has 18 heavy (non-hydrogen) atoms. The topological polar surface area (TPSA) is 24.5 Å². The SMILES string of the molecule is CNC(C1CCOC1)C1(N2CCCC2)CCCC1. The lowest BCUT2D eigenvalue weighted by molar-refractivity contribution is 0.0493. The van der Waals surface area contributed by atoms with Crippen molar-refractivity contribution in [3.05, 3.63) is 0 Å². The molecule has 2 unspecified atom stereocenters. The standard InChI is InChI=1S/C15H28N2O/c1-16-14(13-6-11-18-12-13)15(7-2-3-8-15)17-9-4-5-10-17/h13-14,16H,2-12H2,1H3. The van der Waals surface area contributed by atoms with E-state index in [2.05, 4.69) is 17.3 Å². The van der Waals surface area contributed by atoms with Crippen molar-refractivity contribution < 1.29 is 4.74 Å². The zero-order valence-electron chi connectivity index (χ0n) is 11.8. The zero-order valence-corrected chi connectivity index (χ0v) is 11.8. The summed E-state index contributed by atoms with van der Waals surface area (Å²) in [6.07, 6.45) is 9.69. The van der Waals surface area contributed by atoms with Crippen LogP contribution in [0.25, 0.3) is 0 Å². The number of ether oxygens (including phenoxy) is 1. The van der Waals surface area contributed by atoms with Gasteiger partial charge in [-0.2, -0.15) is 0 Å². The van der Waals surface area contributed by atoms with E-state index in [1.54, 1.807) is 0 Å². The molecule has 0 spiro atoms. The Balaban J connectivity index is 1.81. The second-order valence-electron chi connectivity index (χ2n) is 6.39. The van der Waals surface area contributed by atoms with E-state index in [1.807, 2.05) is 0 Å². The van der Waals surface area contributed by atoms with Gasteiger partial charge in [0.25, 0.3) is 0 Å². The molecule has 2 heterocycles. The Labute approximate surface area is 111 Å². The van der Waals surface area contributed by atoms with E-state index in [1.165, 1.54) is 58.0 Å². The Morgan fingerprint density at radius 1 is 1.17 bits per heavy atom. The Morgan fingerprint density at radius 3 is 2.44 bits per heavy atom. The van der Waals surface area contributed by atoms with Crippen LogP contribution in [0.3, 0.4) is 0 Å². The van der Waals surface area contributed by atoms with Gasteiger partial charge in [-0.25, -0.2) is 0 Å². The highest BCUT2D eigenvalue weighted by Crippen LogP contribution is 2.43. The molecule has 2 atom stereocenters. The first-order chi connectivity index (χ1) is 8.87. The number of hydrogen-bond donors (Lipinski definition) is 1. The molecule has 0 amide bonds. The predicted molar refractivity (Wildman–Crippen MR) is 73.8 cm³/mol. The van der Waals surface area contributed by atoms with Gasteiger partial charge in [0.15, 0.2) is 0 Å². The highest BCUT2D eigenvalue weighted by molar-refractivity contribution is 5.07. The Kier molecular flexibility index (Phi) is 3.92. The molecule has 3 nitrogen and oxygen atoms in total. The summed E-state index contributed by atoms with van der Waals surface area (Å²) in [6.45, 7) is 4.59. The first-order valence-electron chi connectivity index (χ1n) is 7.87. The van der Waals surface area contributed by atoms with Crippen LogP contribution < -0.4 is 5.32 Å². The summed E-state index contributed by atoms with van der Waals surface area (Å²) >= 11 is 0. The zero-order chi connectivity index (χ0) is 12.4. The minimum absolute atomic E-state index is 0.448. The van der Waals surface area contributed by atoms with Crippen molar-refractivity contribution in [2.45, 2.75) is 56.5 Å². The van der Waals surface area contributed by atoms with Crippen molar-refractivity contribution in [1.82, 2.24) is 10.2 Å². The van der Waals surface area contributed by atoms with Crippen LogP contribution in [-0.4, -0.2) is 49.8 Å². The average molecular weight is 252 g/mol. The molecule has 1 aliphatic carbocycles. The van der Waals surface area contributed by atoms with Crippen LogP contribution in [0.4, 0.5) is 0 Å². The number of nitrogens with zero attached hydrogens (tertiary/aromatic N) is 1. The van der Waals surface area contributed by atoms with Gasteiger partial charge in [0.05, 0.1) is 6.61 Å². The Bertz CT molecular complexity index is 264. The fourth-order valence-corrected chi connectivity index (χ4v) is 4.73. The monoisotopic (exact) mass is 252 g/mol. The van der Waals surface area contributed by atoms with Gasteiger partial charge in [-0.15, -0.1) is 0 Å². The molecule has 3 rings (SSSR count). The molecule has 104 valence electrons. The van der Waals surface area contributed by atoms with Crippen LogP contribution >= 0.6 is 0 Å². The molecule has 0 aromatic rings. The minimum atomic E-state index is 0.448. The number of nitrogens with one attached hydrogen (secondary N) is 1. The average Bonchev–Trinajstić information content (AvgIpc) is 3.14. The molecule has 0 radical (unpaired) electrons. The third-order valence-electron chi connectivity index (χ3n) is 5.53. The molecule has 0 aromatic carbocycles. The van der Waals surface area contributed by atoms with E-state index in [-0.39, 0.29) is 0 Å². The molecule has 1 saturated carbocycles. The second kappa shape index (κ2) is 5.48. The summed E-state index contributed by atoms with van der Waals surface area (Å²) in [5.41, 5.74) is 0.448. The Hall–Kier alpha value is -0.120. The first-order valence-corrected chi connectivity index (χ1v) is 7.87. The van der Waals surface area contributed by atoms with Gasteiger partial charge in [0, 0.05) is 24.1 Å². The van der Waals surface area contributed by atoms with Gasteiger partial charge in [0.1, 0.15) is 0 Å². The van der Waals surface area contributed by atoms with Crippen LogP contribution in [-0.2, 0) is 4.74 Å². The van der Waals surface area contributed by atoms with Crippen molar-refractivity contribution in [3.8, 4) is 0 Å². The highest BCUT2D eigenvalue weighted by Gasteiger charge is 2.49. The number of likely N-dealkylation sites (tertiary alicyclic amines) is 1. The van der Waals surface area contributed by atoms with Crippen LogP contribution in [0, 0.1) is 5.92 Å². The molecule has 3 heteroatoms. The largest absolute Gasteiger partial charge is 0.381 e. The summed E-state index contributed by atoms with van der Waals surface area (Å²) in [7, 11) is 2.17. The van der Waals surface area contributed by atoms with Crippen molar-refractivity contribution in [1.29, 1.82) is 0 Å². The molecule has 2 saturated heterocycles. The lowest BCUT2D eigenvalue weighted by Gasteiger charge is -2.47. The summed E-state index contributed by atoms with van der Waals surface area (Å²) < 4.78 is 5.65. The van der Waals surface area contributed by atoms with E-state index in [0.29, 0.717) is 11.6 Å². The highest BCUT2D eigenvalue weighted by atomic mass is 16.5. The van der Waals surface area contributed by atoms with Crippen LogP contribution in [0.2, 0.25) is 0 Å². The molecule has 1 N–H and O–H groups in total. The van der Waals surface area contributed by atoms with Gasteiger partial charge < -0.3 is 10.1 Å². The van der Waals surface area contributed by atoms with Gasteiger partial charge in [-0.05, 0) is 52.2 Å². The fraction of sp³-hybridized carbons (Fsp3) is 1.00. The van der Waals surface area contributed by atoms with Crippen molar-refractivity contribution in [2.24, 2.45) is 5.92 Å². The third kappa shape index (κ3) is 2.10. The second-order valence-corrected chi connectivity index (χ2v) is 6.39. The van der Waals surface area contributed by atoms with Gasteiger partial charge in [0.2, 0.25) is 0 Å². The van der Waals surface area contributed by atoms with Gasteiger partial charge >= 0.3 is 0 Å². The summed E-state index contributed by atoms with van der Waals surface area (Å²) in [6, 6.07) is 0.639. The summed E-state index contributed by atoms with van der Waals surface area (Å²) in [5, 5.41) is 3.68. The maximum Gasteiger partial charge on any atom is 0.0510 e. The number of hydrogen-bond acceptors (Lipinski definition) is 3. The van der Waals surface area contributed by atoms with Gasteiger partial charge in [-0.3, -0.25) is 4.90 Å². The molecule has 2 aliphatic heterocycles. The van der Waals surface area contributed by atoms with Crippen molar-refractivity contribution >= 4 is 0 Å². The maximum absolute atomic E-state index is 5.65. The van der Waals surface area contributed by atoms with E-state index in [0.717, 1.165) is 19.1 Å². The number of likely N-dealkylation sites (N-methyl/N-ethyl adjacent to an activating group) is 1. The van der Waals surface area contributed by atoms with E-state index in [4.69, 9.17) is 4.74 Å². The van der Waals surface area contributed by atoms with E-state index in [9.17, 15) is 0 Å². The maximum atomic E-state index is 5.65. The van der Waals surface area contributed by atoms with Gasteiger partial charge in [-0.1, -0.05) is 12.8 Å². The lowest BCUT2D eigenvalue weighted by Crippen LogP contribution is -2.61. The van der Waals surface area contributed by atoms with Crippen LogP contribution in [0.1, 0.15) is 44.9 Å². The molecular weight excluding hydrogens is 224 g/mol. The predicted octanol–water partition coefficient (Wildman–Crippen LogP) is 2.02. The third-order valence-corrected chi connectivity index (χ3v) is 5.53. The minimum Gasteiger partial charge on any atom is -0.381 e. The molecular formula is C15H28N2O. The van der Waals surface area contributed by atoms with E-state index < -0.39 is 0 Å². The van der Waals surface area contributed by atoms with Crippen molar-refractivity contribution in [2.75, 3.05) is 33.4 Å². The number of rotatable bonds is 4. The smallest absolute Gasteiger partial charge is 0.0510 e.